The maximum Gasteiger partial charge on any atom is 0.493 e. The van der Waals surface area contributed by atoms with Crippen LogP contribution in [0.1, 0.15) is 37.7 Å². The Kier molecular flexibility index (Phi) is 6.05. The van der Waals surface area contributed by atoms with Crippen LogP contribution in [0, 0.1) is 0 Å². The van der Waals surface area contributed by atoms with Gasteiger partial charge in [0.05, 0.1) is 6.04 Å². The second-order valence-corrected chi connectivity index (χ2v) is 5.53. The molecule has 1 aliphatic carbocycles. The fourth-order valence-corrected chi connectivity index (χ4v) is 2.50. The molecule has 0 aromatic heterocycles. The summed E-state index contributed by atoms with van der Waals surface area (Å²) in [4.78, 5) is 27.5. The Labute approximate surface area is 137 Å². The first-order valence-electron chi connectivity index (χ1n) is 7.67. The molecule has 2 rings (SSSR count). The average molecular weight is 345 g/mol. The predicted octanol–water partition coefficient (Wildman–Crippen LogP) is 3.98. The highest BCUT2D eigenvalue weighted by atomic mass is 19.4. The summed E-state index contributed by atoms with van der Waals surface area (Å²) in [5.41, 5.74) is 0.677. The van der Waals surface area contributed by atoms with Crippen molar-refractivity contribution < 1.29 is 32.3 Å². The van der Waals surface area contributed by atoms with Crippen LogP contribution >= 0.6 is 0 Å². The molecule has 1 saturated carbocycles. The molecule has 0 atom stereocenters. The van der Waals surface area contributed by atoms with Crippen LogP contribution in [0.2, 0.25) is 0 Å². The summed E-state index contributed by atoms with van der Waals surface area (Å²) in [6, 6.07) is 8.08. The Bertz CT molecular complexity index is 556. The molecule has 1 aliphatic rings. The van der Waals surface area contributed by atoms with E-state index < -0.39 is 24.3 Å². The lowest BCUT2D eigenvalue weighted by Crippen LogP contribution is -2.45. The second kappa shape index (κ2) is 8.03. The summed E-state index contributed by atoms with van der Waals surface area (Å²) in [5.74, 6) is -2.43. The van der Waals surface area contributed by atoms with E-state index in [0.29, 0.717) is 23.5 Å². The van der Waals surface area contributed by atoms with Crippen molar-refractivity contribution in [1.29, 1.82) is 0 Å². The number of rotatable bonds is 3. The fourth-order valence-electron chi connectivity index (χ4n) is 2.50. The molecule has 1 aromatic rings. The van der Waals surface area contributed by atoms with Gasteiger partial charge in [-0.25, -0.2) is 9.59 Å². The van der Waals surface area contributed by atoms with E-state index in [0.717, 1.165) is 19.3 Å². The molecular formula is C16H18F3NO4. The Hall–Kier alpha value is -2.25. The van der Waals surface area contributed by atoms with Gasteiger partial charge in [-0.05, 0) is 18.4 Å². The van der Waals surface area contributed by atoms with Gasteiger partial charge in [-0.1, -0.05) is 49.6 Å². The molecule has 0 heterocycles. The molecule has 0 N–H and O–H groups in total. The van der Waals surface area contributed by atoms with Gasteiger partial charge in [0.25, 0.3) is 0 Å². The number of nitrogens with zero attached hydrogens (tertiary/aromatic N) is 1. The standard InChI is InChI=1S/C16H18F3NO4/c17-16(18,19)14(21)24-20(13-9-5-2-6-10-13)15(22)23-11-12-7-3-1-4-8-12/h1,3-4,7-8,13H,2,5-6,9-11H2. The zero-order valence-electron chi connectivity index (χ0n) is 12.9. The van der Waals surface area contributed by atoms with Gasteiger partial charge in [-0.2, -0.15) is 13.2 Å². The van der Waals surface area contributed by atoms with Crippen LogP contribution in [-0.4, -0.2) is 29.3 Å². The third-order valence-electron chi connectivity index (χ3n) is 3.70. The molecule has 0 saturated heterocycles. The summed E-state index contributed by atoms with van der Waals surface area (Å²) >= 11 is 0. The Morgan fingerprint density at radius 3 is 2.29 bits per heavy atom. The number of carbonyl (C=O) groups excluding carboxylic acids is 2. The molecule has 8 heteroatoms. The summed E-state index contributed by atoms with van der Waals surface area (Å²) in [7, 11) is 0. The Morgan fingerprint density at radius 1 is 1.08 bits per heavy atom. The molecule has 1 aromatic carbocycles. The third-order valence-corrected chi connectivity index (χ3v) is 3.70. The number of hydrogen-bond donors (Lipinski definition) is 0. The van der Waals surface area contributed by atoms with E-state index in [9.17, 15) is 22.8 Å². The normalized spacial score (nSPS) is 15.6. The largest absolute Gasteiger partial charge is 0.493 e. The minimum atomic E-state index is -5.17. The van der Waals surface area contributed by atoms with Crippen LogP contribution in [0.4, 0.5) is 18.0 Å². The van der Waals surface area contributed by atoms with Crippen molar-refractivity contribution >= 4 is 12.1 Å². The lowest BCUT2D eigenvalue weighted by molar-refractivity contribution is -0.238. The molecule has 1 amide bonds. The molecule has 0 radical (unpaired) electrons. The van der Waals surface area contributed by atoms with Crippen molar-refractivity contribution in [2.24, 2.45) is 0 Å². The van der Waals surface area contributed by atoms with E-state index in [2.05, 4.69) is 4.84 Å². The lowest BCUT2D eigenvalue weighted by atomic mass is 9.95. The van der Waals surface area contributed by atoms with Crippen LogP contribution in [0.3, 0.4) is 0 Å². The molecule has 5 nitrogen and oxygen atoms in total. The van der Waals surface area contributed by atoms with Crippen LogP contribution < -0.4 is 0 Å². The number of amides is 1. The number of carbonyl (C=O) groups is 2. The van der Waals surface area contributed by atoms with Crippen molar-refractivity contribution in [2.75, 3.05) is 0 Å². The molecule has 132 valence electrons. The minimum absolute atomic E-state index is 0.119. The van der Waals surface area contributed by atoms with Gasteiger partial charge < -0.3 is 9.57 Å². The van der Waals surface area contributed by atoms with Gasteiger partial charge in [0.15, 0.2) is 0 Å². The molecule has 0 bridgehead atoms. The molecule has 1 fully saturated rings. The quantitative estimate of drug-likeness (QED) is 0.778. The minimum Gasteiger partial charge on any atom is -0.442 e. The zero-order chi connectivity index (χ0) is 17.6. The first-order valence-corrected chi connectivity index (χ1v) is 7.67. The molecule has 0 spiro atoms. The van der Waals surface area contributed by atoms with E-state index in [1.807, 2.05) is 0 Å². The first-order chi connectivity index (χ1) is 11.4. The Morgan fingerprint density at radius 2 is 1.71 bits per heavy atom. The highest BCUT2D eigenvalue weighted by Gasteiger charge is 2.45. The van der Waals surface area contributed by atoms with Gasteiger partial charge in [0.1, 0.15) is 6.61 Å². The Balaban J connectivity index is 2.03. The van der Waals surface area contributed by atoms with Crippen molar-refractivity contribution in [2.45, 2.75) is 50.9 Å². The maximum absolute atomic E-state index is 12.4. The summed E-state index contributed by atoms with van der Waals surface area (Å²) in [5, 5.41) is 0.442. The van der Waals surface area contributed by atoms with E-state index in [-0.39, 0.29) is 6.61 Å². The number of hydroxylamine groups is 2. The highest BCUT2D eigenvalue weighted by Crippen LogP contribution is 2.26. The van der Waals surface area contributed by atoms with Crippen molar-refractivity contribution in [3.05, 3.63) is 35.9 Å². The lowest BCUT2D eigenvalue weighted by Gasteiger charge is -2.31. The van der Waals surface area contributed by atoms with Gasteiger partial charge in [-0.15, -0.1) is 5.06 Å². The van der Waals surface area contributed by atoms with Gasteiger partial charge in [0, 0.05) is 0 Å². The topological polar surface area (TPSA) is 55.8 Å². The SMILES string of the molecule is O=C(OCc1ccccc1)N(OC(=O)C(F)(F)F)C1CCCCC1. The smallest absolute Gasteiger partial charge is 0.442 e. The monoisotopic (exact) mass is 345 g/mol. The van der Waals surface area contributed by atoms with Crippen LogP contribution in [0.15, 0.2) is 30.3 Å². The molecule has 0 aliphatic heterocycles. The van der Waals surface area contributed by atoms with E-state index in [1.165, 1.54) is 0 Å². The van der Waals surface area contributed by atoms with Crippen molar-refractivity contribution in [3.8, 4) is 0 Å². The number of alkyl halides is 3. The number of halogens is 3. The zero-order valence-corrected chi connectivity index (χ0v) is 12.9. The number of benzene rings is 1. The highest BCUT2D eigenvalue weighted by molar-refractivity contribution is 5.77. The van der Waals surface area contributed by atoms with E-state index >= 15 is 0 Å². The average Bonchev–Trinajstić information content (AvgIpc) is 2.58. The fraction of sp³-hybridized carbons (Fsp3) is 0.500. The third kappa shape index (κ3) is 5.14. The number of ether oxygens (including phenoxy) is 1. The van der Waals surface area contributed by atoms with E-state index in [4.69, 9.17) is 4.74 Å². The summed E-state index contributed by atoms with van der Waals surface area (Å²) in [6.45, 7) is -0.119. The summed E-state index contributed by atoms with van der Waals surface area (Å²) in [6.07, 6.45) is -2.92. The number of hydrogen-bond acceptors (Lipinski definition) is 4. The molecule has 0 unspecified atom stereocenters. The van der Waals surface area contributed by atoms with Crippen LogP contribution in [0.25, 0.3) is 0 Å². The summed E-state index contributed by atoms with van der Waals surface area (Å²) < 4.78 is 42.3. The van der Waals surface area contributed by atoms with Gasteiger partial charge in [-0.3, -0.25) is 0 Å². The van der Waals surface area contributed by atoms with E-state index in [1.54, 1.807) is 30.3 Å². The molecular weight excluding hydrogens is 327 g/mol. The van der Waals surface area contributed by atoms with Crippen molar-refractivity contribution in [1.82, 2.24) is 5.06 Å². The van der Waals surface area contributed by atoms with Gasteiger partial charge in [0.2, 0.25) is 0 Å². The van der Waals surface area contributed by atoms with Crippen molar-refractivity contribution in [3.63, 3.8) is 0 Å². The first kappa shape index (κ1) is 18.1. The maximum atomic E-state index is 12.4. The molecule has 24 heavy (non-hydrogen) atoms. The van der Waals surface area contributed by atoms with Crippen LogP contribution in [-0.2, 0) is 21.0 Å². The second-order valence-electron chi connectivity index (χ2n) is 5.53. The predicted molar refractivity (Wildman–Crippen MR) is 77.5 cm³/mol. The van der Waals surface area contributed by atoms with Crippen LogP contribution in [0.5, 0.6) is 0 Å². The van der Waals surface area contributed by atoms with Gasteiger partial charge >= 0.3 is 18.2 Å².